The first kappa shape index (κ1) is 7.05. The summed E-state index contributed by atoms with van der Waals surface area (Å²) in [6.07, 6.45) is 2.31. The normalized spacial score (nSPS) is 22.3. The van der Waals surface area contributed by atoms with Gasteiger partial charge in [-0.1, -0.05) is 0 Å². The van der Waals surface area contributed by atoms with Crippen LogP contribution < -0.4 is 5.43 Å². The Morgan fingerprint density at radius 1 is 2.00 bits per heavy atom. The van der Waals surface area contributed by atoms with Crippen LogP contribution in [0, 0.1) is 0 Å². The van der Waals surface area contributed by atoms with Gasteiger partial charge in [0.25, 0.3) is 0 Å². The largest absolute Gasteiger partial charge is 0.464 e. The van der Waals surface area contributed by atoms with Gasteiger partial charge in [0.15, 0.2) is 0 Å². The average molecular weight is 142 g/mol. The molecule has 0 saturated heterocycles. The standard InChI is InChI=1S/C6H10N2O2/c1-2-10-6(9)5-3-4-7-8-5/h4-5,8H,2-3H2,1H3. The molecule has 0 amide bonds. The number of hydrogen-bond donors (Lipinski definition) is 1. The fraction of sp³-hybridized carbons (Fsp3) is 0.667. The Balaban J connectivity index is 2.28. The summed E-state index contributed by atoms with van der Waals surface area (Å²) < 4.78 is 4.74. The molecule has 4 heteroatoms. The van der Waals surface area contributed by atoms with Crippen LogP contribution in [0.15, 0.2) is 5.10 Å². The monoisotopic (exact) mass is 142 g/mol. The van der Waals surface area contributed by atoms with Crippen LogP contribution in [0.5, 0.6) is 0 Å². The molecule has 0 aliphatic carbocycles. The Kier molecular flexibility index (Phi) is 2.25. The Labute approximate surface area is 59.2 Å². The molecule has 1 heterocycles. The van der Waals surface area contributed by atoms with E-state index in [1.54, 1.807) is 13.1 Å². The summed E-state index contributed by atoms with van der Waals surface area (Å²) in [4.78, 5) is 10.9. The number of hydrazone groups is 1. The van der Waals surface area contributed by atoms with E-state index in [9.17, 15) is 4.79 Å². The molecule has 10 heavy (non-hydrogen) atoms. The highest BCUT2D eigenvalue weighted by Crippen LogP contribution is 1.98. The van der Waals surface area contributed by atoms with E-state index in [1.807, 2.05) is 0 Å². The number of hydrogen-bond acceptors (Lipinski definition) is 4. The van der Waals surface area contributed by atoms with Gasteiger partial charge >= 0.3 is 5.97 Å². The summed E-state index contributed by atoms with van der Waals surface area (Å²) in [6.45, 7) is 2.21. The zero-order chi connectivity index (χ0) is 7.40. The van der Waals surface area contributed by atoms with Crippen LogP contribution in [0.2, 0.25) is 0 Å². The summed E-state index contributed by atoms with van der Waals surface area (Å²) in [5.74, 6) is -0.222. The maximum absolute atomic E-state index is 10.9. The van der Waals surface area contributed by atoms with Crippen molar-refractivity contribution in [1.82, 2.24) is 5.43 Å². The average Bonchev–Trinajstić information content (AvgIpc) is 2.38. The van der Waals surface area contributed by atoms with Crippen LogP contribution in [0.1, 0.15) is 13.3 Å². The van der Waals surface area contributed by atoms with Crippen molar-refractivity contribution in [3.05, 3.63) is 0 Å². The molecule has 1 unspecified atom stereocenters. The summed E-state index contributed by atoms with van der Waals surface area (Å²) >= 11 is 0. The Hall–Kier alpha value is -1.06. The van der Waals surface area contributed by atoms with Crippen molar-refractivity contribution in [3.63, 3.8) is 0 Å². The maximum atomic E-state index is 10.9. The number of ether oxygens (including phenoxy) is 1. The molecule has 1 aliphatic heterocycles. The molecule has 0 bridgehead atoms. The second-order valence-electron chi connectivity index (χ2n) is 1.98. The molecule has 1 N–H and O–H groups in total. The second-order valence-corrected chi connectivity index (χ2v) is 1.98. The van der Waals surface area contributed by atoms with Gasteiger partial charge in [-0.25, -0.2) is 4.79 Å². The number of carbonyl (C=O) groups is 1. The van der Waals surface area contributed by atoms with Gasteiger partial charge in [0.1, 0.15) is 6.04 Å². The van der Waals surface area contributed by atoms with E-state index in [-0.39, 0.29) is 12.0 Å². The molecule has 0 saturated carbocycles. The van der Waals surface area contributed by atoms with Crippen molar-refractivity contribution in [3.8, 4) is 0 Å². The van der Waals surface area contributed by atoms with Crippen molar-refractivity contribution in [1.29, 1.82) is 0 Å². The molecule has 1 aliphatic rings. The lowest BCUT2D eigenvalue weighted by Crippen LogP contribution is -2.31. The van der Waals surface area contributed by atoms with Crippen molar-refractivity contribution in [2.75, 3.05) is 6.61 Å². The first-order chi connectivity index (χ1) is 4.84. The molecule has 1 atom stereocenters. The second kappa shape index (κ2) is 3.20. The van der Waals surface area contributed by atoms with Gasteiger partial charge < -0.3 is 4.74 Å². The van der Waals surface area contributed by atoms with E-state index < -0.39 is 0 Å². The zero-order valence-electron chi connectivity index (χ0n) is 5.83. The molecule has 0 fully saturated rings. The van der Waals surface area contributed by atoms with E-state index in [4.69, 9.17) is 4.74 Å². The summed E-state index contributed by atoms with van der Waals surface area (Å²) in [7, 11) is 0. The Bertz CT molecular complexity index is 148. The van der Waals surface area contributed by atoms with E-state index in [0.29, 0.717) is 13.0 Å². The van der Waals surface area contributed by atoms with Crippen molar-refractivity contribution in [2.24, 2.45) is 5.10 Å². The third-order valence-electron chi connectivity index (χ3n) is 1.23. The molecule has 0 aromatic carbocycles. The fourth-order valence-electron chi connectivity index (χ4n) is 0.745. The lowest BCUT2D eigenvalue weighted by Gasteiger charge is -2.06. The number of carbonyl (C=O) groups excluding carboxylic acids is 1. The SMILES string of the molecule is CCOC(=O)C1CC=NN1. The van der Waals surface area contributed by atoms with Gasteiger partial charge in [-0.2, -0.15) is 5.10 Å². The minimum Gasteiger partial charge on any atom is -0.464 e. The molecule has 0 spiro atoms. The maximum Gasteiger partial charge on any atom is 0.330 e. The highest BCUT2D eigenvalue weighted by atomic mass is 16.5. The lowest BCUT2D eigenvalue weighted by atomic mass is 10.2. The van der Waals surface area contributed by atoms with Crippen LogP contribution in [0.4, 0.5) is 0 Å². The van der Waals surface area contributed by atoms with E-state index >= 15 is 0 Å². The van der Waals surface area contributed by atoms with Crippen LogP contribution >= 0.6 is 0 Å². The predicted molar refractivity (Wildman–Crippen MR) is 36.7 cm³/mol. The number of rotatable bonds is 2. The topological polar surface area (TPSA) is 50.7 Å². The van der Waals surface area contributed by atoms with Crippen LogP contribution in [0.3, 0.4) is 0 Å². The molecular formula is C6H10N2O2. The van der Waals surface area contributed by atoms with Crippen LogP contribution in [-0.4, -0.2) is 24.8 Å². The smallest absolute Gasteiger partial charge is 0.330 e. The molecular weight excluding hydrogens is 132 g/mol. The van der Waals surface area contributed by atoms with E-state index in [2.05, 4.69) is 10.5 Å². The summed E-state index contributed by atoms with van der Waals surface area (Å²) in [5, 5.41) is 3.69. The van der Waals surface area contributed by atoms with Crippen LogP contribution in [0.25, 0.3) is 0 Å². The molecule has 56 valence electrons. The molecule has 0 radical (unpaired) electrons. The molecule has 0 aromatic heterocycles. The van der Waals surface area contributed by atoms with Gasteiger partial charge in [0.2, 0.25) is 0 Å². The van der Waals surface area contributed by atoms with Crippen molar-refractivity contribution >= 4 is 12.2 Å². The number of esters is 1. The van der Waals surface area contributed by atoms with Crippen molar-refractivity contribution in [2.45, 2.75) is 19.4 Å². The lowest BCUT2D eigenvalue weighted by molar-refractivity contribution is -0.145. The first-order valence-electron chi connectivity index (χ1n) is 3.28. The van der Waals surface area contributed by atoms with Gasteiger partial charge in [-0.15, -0.1) is 0 Å². The predicted octanol–water partition coefficient (Wildman–Crippen LogP) is -0.103. The highest BCUT2D eigenvalue weighted by Gasteiger charge is 2.20. The zero-order valence-corrected chi connectivity index (χ0v) is 5.83. The fourth-order valence-corrected chi connectivity index (χ4v) is 0.745. The van der Waals surface area contributed by atoms with E-state index in [0.717, 1.165) is 0 Å². The van der Waals surface area contributed by atoms with Crippen molar-refractivity contribution < 1.29 is 9.53 Å². The summed E-state index contributed by atoms with van der Waals surface area (Å²) in [6, 6.07) is -0.250. The van der Waals surface area contributed by atoms with Gasteiger partial charge in [-0.05, 0) is 6.92 Å². The number of nitrogens with one attached hydrogen (secondary N) is 1. The third kappa shape index (κ3) is 1.46. The molecule has 1 rings (SSSR count). The van der Waals surface area contributed by atoms with Gasteiger partial charge in [0.05, 0.1) is 6.61 Å². The molecule has 4 nitrogen and oxygen atoms in total. The first-order valence-corrected chi connectivity index (χ1v) is 3.28. The Morgan fingerprint density at radius 3 is 3.30 bits per heavy atom. The highest BCUT2D eigenvalue weighted by molar-refractivity contribution is 5.81. The quantitative estimate of drug-likeness (QED) is 0.547. The van der Waals surface area contributed by atoms with Crippen LogP contribution in [-0.2, 0) is 9.53 Å². The summed E-state index contributed by atoms with van der Waals surface area (Å²) in [5.41, 5.74) is 2.64. The van der Waals surface area contributed by atoms with Gasteiger partial charge in [-0.3, -0.25) is 5.43 Å². The van der Waals surface area contributed by atoms with E-state index in [1.165, 1.54) is 0 Å². The minimum absolute atomic E-state index is 0.222. The Morgan fingerprint density at radius 2 is 2.80 bits per heavy atom. The minimum atomic E-state index is -0.250. The number of nitrogens with zero attached hydrogens (tertiary/aromatic N) is 1. The third-order valence-corrected chi connectivity index (χ3v) is 1.23. The molecule has 0 aromatic rings. The van der Waals surface area contributed by atoms with Gasteiger partial charge in [0, 0.05) is 12.6 Å².